The van der Waals surface area contributed by atoms with Crippen LogP contribution < -0.4 is 9.64 Å². The van der Waals surface area contributed by atoms with Crippen molar-refractivity contribution in [1.82, 2.24) is 10.1 Å². The molecule has 0 radical (unpaired) electrons. The van der Waals surface area contributed by atoms with Gasteiger partial charge in [0.25, 0.3) is 11.8 Å². The standard InChI is InChI=1S/C28H25N3O3S/c1-18-7-6-10-21(15-18)33-17-26-29-27(30-34-26)19-13-14-23-25(16-19)35-24-12-5-4-11-22(24)28(32)31(23)20-8-2-3-9-20/h4-7,10-16,20H,2-3,8-9,17H2,1H3. The van der Waals surface area contributed by atoms with Crippen LogP contribution in [0.3, 0.4) is 0 Å². The molecule has 0 spiro atoms. The van der Waals surface area contributed by atoms with Crippen molar-refractivity contribution in [2.45, 2.75) is 55.0 Å². The fourth-order valence-corrected chi connectivity index (χ4v) is 5.94. The third kappa shape index (κ3) is 4.32. The highest BCUT2D eigenvalue weighted by Gasteiger charge is 2.34. The van der Waals surface area contributed by atoms with Gasteiger partial charge >= 0.3 is 0 Å². The van der Waals surface area contributed by atoms with Crippen LogP contribution in [0.4, 0.5) is 5.69 Å². The van der Waals surface area contributed by atoms with E-state index >= 15 is 0 Å². The van der Waals surface area contributed by atoms with Gasteiger partial charge in [-0.1, -0.05) is 54.0 Å². The summed E-state index contributed by atoms with van der Waals surface area (Å²) in [4.78, 5) is 22.2. The van der Waals surface area contributed by atoms with Crippen LogP contribution in [0, 0.1) is 6.92 Å². The topological polar surface area (TPSA) is 68.5 Å². The molecule has 0 unspecified atom stereocenters. The first-order valence-corrected chi connectivity index (χ1v) is 12.7. The van der Waals surface area contributed by atoms with Crippen molar-refractivity contribution < 1.29 is 14.1 Å². The van der Waals surface area contributed by atoms with Gasteiger partial charge < -0.3 is 14.2 Å². The van der Waals surface area contributed by atoms with Gasteiger partial charge in [0, 0.05) is 21.4 Å². The molecule has 3 aromatic carbocycles. The van der Waals surface area contributed by atoms with Gasteiger partial charge in [0.2, 0.25) is 5.82 Å². The van der Waals surface area contributed by atoms with Gasteiger partial charge in [-0.3, -0.25) is 4.79 Å². The molecule has 0 atom stereocenters. The van der Waals surface area contributed by atoms with E-state index in [0.29, 0.717) is 11.7 Å². The summed E-state index contributed by atoms with van der Waals surface area (Å²) in [6, 6.07) is 22.0. The van der Waals surface area contributed by atoms with E-state index in [-0.39, 0.29) is 18.6 Å². The zero-order valence-electron chi connectivity index (χ0n) is 19.4. The molecular formula is C28H25N3O3S. The minimum atomic E-state index is 0.0849. The predicted octanol–water partition coefficient (Wildman–Crippen LogP) is 6.68. The van der Waals surface area contributed by atoms with Crippen LogP contribution in [0.1, 0.15) is 47.5 Å². The predicted molar refractivity (Wildman–Crippen MR) is 135 cm³/mol. The lowest BCUT2D eigenvalue weighted by Gasteiger charge is -2.29. The Bertz CT molecular complexity index is 1390. The summed E-state index contributed by atoms with van der Waals surface area (Å²) < 4.78 is 11.3. The van der Waals surface area contributed by atoms with Crippen molar-refractivity contribution >= 4 is 23.4 Å². The molecule has 0 N–H and O–H groups in total. The number of aryl methyl sites for hydroxylation is 1. The molecule has 35 heavy (non-hydrogen) atoms. The highest BCUT2D eigenvalue weighted by Crippen LogP contribution is 2.45. The van der Waals surface area contributed by atoms with E-state index in [1.807, 2.05) is 72.5 Å². The number of aromatic nitrogens is 2. The second-order valence-corrected chi connectivity index (χ2v) is 10.1. The Morgan fingerprint density at radius 3 is 2.74 bits per heavy atom. The fourth-order valence-electron chi connectivity index (χ4n) is 4.83. The summed E-state index contributed by atoms with van der Waals surface area (Å²) >= 11 is 1.62. The van der Waals surface area contributed by atoms with Crippen molar-refractivity contribution in [3.05, 3.63) is 83.7 Å². The van der Waals surface area contributed by atoms with Crippen molar-refractivity contribution in [2.75, 3.05) is 4.90 Å². The number of fused-ring (bicyclic) bond motifs is 2. The maximum Gasteiger partial charge on any atom is 0.264 e. The molecule has 4 aromatic rings. The SMILES string of the molecule is Cc1cccc(OCc2nc(-c3ccc4c(c3)Sc3ccccc3C(=O)N4C3CCCC3)no2)c1. The molecule has 1 amide bonds. The van der Waals surface area contributed by atoms with Crippen molar-refractivity contribution in [1.29, 1.82) is 0 Å². The Morgan fingerprint density at radius 1 is 1.03 bits per heavy atom. The molecule has 1 fully saturated rings. The number of hydrogen-bond donors (Lipinski definition) is 0. The maximum atomic E-state index is 13.6. The molecule has 1 saturated carbocycles. The zero-order chi connectivity index (χ0) is 23.8. The molecule has 1 aliphatic carbocycles. The minimum Gasteiger partial charge on any atom is -0.484 e. The Labute approximate surface area is 208 Å². The number of rotatable bonds is 5. The fraction of sp³-hybridized carbons (Fsp3) is 0.250. The molecular weight excluding hydrogens is 458 g/mol. The molecule has 1 aliphatic heterocycles. The molecule has 7 heteroatoms. The number of nitrogens with zero attached hydrogens (tertiary/aromatic N) is 3. The zero-order valence-corrected chi connectivity index (χ0v) is 20.3. The second kappa shape index (κ2) is 9.23. The average Bonchev–Trinajstić information content (AvgIpc) is 3.55. The van der Waals surface area contributed by atoms with Crippen LogP contribution in [0.25, 0.3) is 11.4 Å². The van der Waals surface area contributed by atoms with Crippen LogP contribution in [0.5, 0.6) is 5.75 Å². The van der Waals surface area contributed by atoms with Crippen molar-refractivity contribution in [3.63, 3.8) is 0 Å². The monoisotopic (exact) mass is 483 g/mol. The lowest BCUT2D eigenvalue weighted by molar-refractivity contribution is 0.0974. The number of ether oxygens (including phenoxy) is 1. The van der Waals surface area contributed by atoms with E-state index in [0.717, 1.165) is 63.6 Å². The lowest BCUT2D eigenvalue weighted by Crippen LogP contribution is -2.39. The van der Waals surface area contributed by atoms with Gasteiger partial charge in [-0.05, 0) is 67.8 Å². The lowest BCUT2D eigenvalue weighted by atomic mass is 10.1. The third-order valence-electron chi connectivity index (χ3n) is 6.54. The first-order chi connectivity index (χ1) is 17.2. The maximum absolute atomic E-state index is 13.6. The molecule has 0 saturated heterocycles. The van der Waals surface area contributed by atoms with E-state index in [1.165, 1.54) is 0 Å². The average molecular weight is 484 g/mol. The summed E-state index contributed by atoms with van der Waals surface area (Å²) in [7, 11) is 0. The summed E-state index contributed by atoms with van der Waals surface area (Å²) in [5, 5.41) is 4.19. The van der Waals surface area contributed by atoms with Gasteiger partial charge in [-0.15, -0.1) is 0 Å². The van der Waals surface area contributed by atoms with E-state index in [2.05, 4.69) is 16.2 Å². The van der Waals surface area contributed by atoms with E-state index in [4.69, 9.17) is 9.26 Å². The Kier molecular flexibility index (Phi) is 5.78. The summed E-state index contributed by atoms with van der Waals surface area (Å²) in [6.07, 6.45) is 4.39. The molecule has 0 bridgehead atoms. The van der Waals surface area contributed by atoms with E-state index in [1.54, 1.807) is 11.8 Å². The van der Waals surface area contributed by atoms with E-state index in [9.17, 15) is 4.79 Å². The third-order valence-corrected chi connectivity index (χ3v) is 7.67. The molecule has 2 aliphatic rings. The number of anilines is 1. The molecule has 6 nitrogen and oxygen atoms in total. The quantitative estimate of drug-likeness (QED) is 0.315. The van der Waals surface area contributed by atoms with Gasteiger partial charge in [0.05, 0.1) is 11.3 Å². The first kappa shape index (κ1) is 21.9. The Hall–Kier alpha value is -3.58. The smallest absolute Gasteiger partial charge is 0.264 e. The van der Waals surface area contributed by atoms with Crippen LogP contribution >= 0.6 is 11.8 Å². The van der Waals surface area contributed by atoms with Crippen molar-refractivity contribution in [3.8, 4) is 17.1 Å². The number of hydrogen-bond acceptors (Lipinski definition) is 6. The number of amides is 1. The summed E-state index contributed by atoms with van der Waals surface area (Å²) in [5.74, 6) is 1.77. The summed E-state index contributed by atoms with van der Waals surface area (Å²) in [6.45, 7) is 2.22. The molecule has 1 aromatic heterocycles. The van der Waals surface area contributed by atoms with E-state index < -0.39 is 0 Å². The Balaban J connectivity index is 1.31. The number of benzene rings is 3. The molecule has 176 valence electrons. The van der Waals surface area contributed by atoms with Crippen LogP contribution in [0.15, 0.2) is 81.0 Å². The van der Waals surface area contributed by atoms with Gasteiger partial charge in [-0.25, -0.2) is 0 Å². The number of carbonyl (C=O) groups excluding carboxylic acids is 1. The van der Waals surface area contributed by atoms with Crippen LogP contribution in [-0.2, 0) is 6.61 Å². The second-order valence-electron chi connectivity index (χ2n) is 9.01. The molecule has 6 rings (SSSR count). The highest BCUT2D eigenvalue weighted by molar-refractivity contribution is 7.99. The first-order valence-electron chi connectivity index (χ1n) is 11.9. The van der Waals surface area contributed by atoms with Crippen LogP contribution in [-0.4, -0.2) is 22.1 Å². The minimum absolute atomic E-state index is 0.0849. The van der Waals surface area contributed by atoms with Crippen molar-refractivity contribution in [2.24, 2.45) is 0 Å². The Morgan fingerprint density at radius 2 is 1.89 bits per heavy atom. The van der Waals surface area contributed by atoms with Gasteiger partial charge in [-0.2, -0.15) is 4.98 Å². The molecule has 2 heterocycles. The van der Waals surface area contributed by atoms with Gasteiger partial charge in [0.15, 0.2) is 6.61 Å². The number of carbonyl (C=O) groups is 1. The summed E-state index contributed by atoms with van der Waals surface area (Å²) in [5.41, 5.74) is 3.69. The van der Waals surface area contributed by atoms with Crippen LogP contribution in [0.2, 0.25) is 0 Å². The normalized spacial score (nSPS) is 15.6. The highest BCUT2D eigenvalue weighted by atomic mass is 32.2. The largest absolute Gasteiger partial charge is 0.484 e. The van der Waals surface area contributed by atoms with Gasteiger partial charge in [0.1, 0.15) is 5.75 Å².